The maximum atomic E-state index is 12.6. The second kappa shape index (κ2) is 7.73. The average molecular weight is 187 g/mol. The standard InChI is InChI=1S/C9H18FN3/c1-3-7-13(8-9(2)10)12-6-4-5-11/h3,6-7,9H,4-5,8,11H2,1-2H3/b7-3-,12-6-. The van der Waals surface area contributed by atoms with Gasteiger partial charge < -0.3 is 5.73 Å². The summed E-state index contributed by atoms with van der Waals surface area (Å²) in [7, 11) is 0. The molecule has 2 N–H and O–H groups in total. The summed E-state index contributed by atoms with van der Waals surface area (Å²) in [6.07, 6.45) is 5.09. The monoisotopic (exact) mass is 187 g/mol. The third-order valence-electron chi connectivity index (χ3n) is 1.29. The van der Waals surface area contributed by atoms with Gasteiger partial charge in [-0.2, -0.15) is 5.10 Å². The van der Waals surface area contributed by atoms with Crippen LogP contribution in [0, 0.1) is 0 Å². The zero-order valence-electron chi connectivity index (χ0n) is 8.28. The molecule has 0 aromatic rings. The van der Waals surface area contributed by atoms with Gasteiger partial charge in [-0.15, -0.1) is 0 Å². The highest BCUT2D eigenvalue weighted by Crippen LogP contribution is 1.97. The fourth-order valence-electron chi connectivity index (χ4n) is 0.813. The molecule has 0 fully saturated rings. The molecule has 3 nitrogen and oxygen atoms in total. The molecule has 0 amide bonds. The highest BCUT2D eigenvalue weighted by atomic mass is 19.1. The number of hydrazone groups is 1. The normalized spacial score (nSPS) is 14.2. The number of allylic oxidation sites excluding steroid dienone is 1. The molecule has 0 spiro atoms. The predicted molar refractivity (Wildman–Crippen MR) is 54.3 cm³/mol. The van der Waals surface area contributed by atoms with Crippen molar-refractivity contribution in [1.82, 2.24) is 5.01 Å². The molecule has 0 saturated heterocycles. The van der Waals surface area contributed by atoms with E-state index >= 15 is 0 Å². The second-order valence-electron chi connectivity index (χ2n) is 2.76. The summed E-state index contributed by atoms with van der Waals surface area (Å²) in [6, 6.07) is 0. The molecule has 0 aliphatic heterocycles. The van der Waals surface area contributed by atoms with Gasteiger partial charge in [0, 0.05) is 12.4 Å². The Morgan fingerprint density at radius 2 is 2.31 bits per heavy atom. The van der Waals surface area contributed by atoms with Crippen molar-refractivity contribution >= 4 is 6.21 Å². The molecule has 0 bridgehead atoms. The van der Waals surface area contributed by atoms with Crippen molar-refractivity contribution in [3.05, 3.63) is 12.3 Å². The van der Waals surface area contributed by atoms with Crippen molar-refractivity contribution in [2.75, 3.05) is 13.1 Å². The lowest BCUT2D eigenvalue weighted by Gasteiger charge is -2.14. The number of halogens is 1. The van der Waals surface area contributed by atoms with Crippen LogP contribution in [0.5, 0.6) is 0 Å². The molecule has 4 heteroatoms. The molecule has 1 unspecified atom stereocenters. The minimum absolute atomic E-state index is 0.283. The van der Waals surface area contributed by atoms with Crippen molar-refractivity contribution in [2.45, 2.75) is 26.4 Å². The summed E-state index contributed by atoms with van der Waals surface area (Å²) in [5.74, 6) is 0. The van der Waals surface area contributed by atoms with E-state index < -0.39 is 6.17 Å². The third kappa shape index (κ3) is 7.46. The van der Waals surface area contributed by atoms with E-state index in [1.165, 1.54) is 6.92 Å². The average Bonchev–Trinajstić information content (AvgIpc) is 2.04. The minimum atomic E-state index is -0.883. The zero-order chi connectivity index (χ0) is 10.1. The fraction of sp³-hybridized carbons (Fsp3) is 0.667. The van der Waals surface area contributed by atoms with Crippen molar-refractivity contribution < 1.29 is 4.39 Å². The van der Waals surface area contributed by atoms with Gasteiger partial charge in [0.25, 0.3) is 0 Å². The second-order valence-corrected chi connectivity index (χ2v) is 2.76. The Balaban J connectivity index is 3.93. The van der Waals surface area contributed by atoms with Gasteiger partial charge in [0.05, 0.1) is 6.54 Å². The molecule has 1 atom stereocenters. The van der Waals surface area contributed by atoms with Gasteiger partial charge in [0.1, 0.15) is 6.17 Å². The molecule has 76 valence electrons. The van der Waals surface area contributed by atoms with E-state index in [2.05, 4.69) is 5.10 Å². The van der Waals surface area contributed by atoms with Crippen molar-refractivity contribution in [1.29, 1.82) is 0 Å². The van der Waals surface area contributed by atoms with Gasteiger partial charge in [0.2, 0.25) is 0 Å². The van der Waals surface area contributed by atoms with Crippen LogP contribution in [0.15, 0.2) is 17.4 Å². The third-order valence-corrected chi connectivity index (χ3v) is 1.29. The van der Waals surface area contributed by atoms with Gasteiger partial charge in [0.15, 0.2) is 0 Å². The quantitative estimate of drug-likeness (QED) is 0.506. The SMILES string of the molecule is C/C=C\N(CC(C)F)/N=C\CCN. The van der Waals surface area contributed by atoms with Gasteiger partial charge in [-0.25, -0.2) is 4.39 Å². The molecule has 0 aliphatic carbocycles. The molecule has 0 saturated carbocycles. The van der Waals surface area contributed by atoms with E-state index in [0.717, 1.165) is 0 Å². The fourth-order valence-corrected chi connectivity index (χ4v) is 0.813. The zero-order valence-corrected chi connectivity index (χ0v) is 8.28. The van der Waals surface area contributed by atoms with E-state index in [4.69, 9.17) is 5.73 Å². The van der Waals surface area contributed by atoms with Crippen LogP contribution in [-0.2, 0) is 0 Å². The first kappa shape index (κ1) is 12.1. The number of hydrogen-bond acceptors (Lipinski definition) is 3. The van der Waals surface area contributed by atoms with Gasteiger partial charge in [-0.3, -0.25) is 5.01 Å². The maximum absolute atomic E-state index is 12.6. The minimum Gasteiger partial charge on any atom is -0.330 e. The Hall–Kier alpha value is -0.900. The Morgan fingerprint density at radius 3 is 2.77 bits per heavy atom. The van der Waals surface area contributed by atoms with Crippen LogP contribution in [0.25, 0.3) is 0 Å². The van der Waals surface area contributed by atoms with Gasteiger partial charge >= 0.3 is 0 Å². The summed E-state index contributed by atoms with van der Waals surface area (Å²) < 4.78 is 12.6. The van der Waals surface area contributed by atoms with E-state index in [0.29, 0.717) is 13.0 Å². The van der Waals surface area contributed by atoms with Crippen molar-refractivity contribution in [2.24, 2.45) is 10.8 Å². The molecule has 13 heavy (non-hydrogen) atoms. The molecular weight excluding hydrogens is 169 g/mol. The Bertz CT molecular complexity index is 166. The van der Waals surface area contributed by atoms with Crippen molar-refractivity contribution in [3.8, 4) is 0 Å². The molecule has 0 aromatic heterocycles. The van der Waals surface area contributed by atoms with E-state index in [-0.39, 0.29) is 6.54 Å². The Kier molecular flexibility index (Phi) is 7.20. The first-order chi connectivity index (χ1) is 6.20. The number of hydrogen-bond donors (Lipinski definition) is 1. The Labute approximate surface area is 79.1 Å². The number of rotatable bonds is 6. The van der Waals surface area contributed by atoms with Crippen LogP contribution in [0.4, 0.5) is 4.39 Å². The van der Waals surface area contributed by atoms with Gasteiger partial charge in [-0.05, 0) is 26.8 Å². The number of nitrogens with two attached hydrogens (primary N) is 1. The predicted octanol–water partition coefficient (Wildman–Crippen LogP) is 1.51. The molecular formula is C9H18FN3. The Morgan fingerprint density at radius 1 is 1.62 bits per heavy atom. The summed E-state index contributed by atoms with van der Waals surface area (Å²) >= 11 is 0. The summed E-state index contributed by atoms with van der Waals surface area (Å²) in [4.78, 5) is 0. The molecule has 0 aliphatic rings. The molecule has 0 radical (unpaired) electrons. The summed E-state index contributed by atoms with van der Waals surface area (Å²) in [5.41, 5.74) is 5.29. The lowest BCUT2D eigenvalue weighted by Crippen LogP contribution is -2.19. The lowest BCUT2D eigenvalue weighted by atomic mass is 10.4. The van der Waals surface area contributed by atoms with Gasteiger partial charge in [-0.1, -0.05) is 6.08 Å². The van der Waals surface area contributed by atoms with Crippen LogP contribution >= 0.6 is 0 Å². The largest absolute Gasteiger partial charge is 0.330 e. The number of nitrogens with zero attached hydrogens (tertiary/aromatic N) is 2. The van der Waals surface area contributed by atoms with Crippen LogP contribution in [-0.4, -0.2) is 30.5 Å². The maximum Gasteiger partial charge on any atom is 0.117 e. The molecule has 0 rings (SSSR count). The molecule has 0 heterocycles. The lowest BCUT2D eigenvalue weighted by molar-refractivity contribution is 0.262. The highest BCUT2D eigenvalue weighted by molar-refractivity contribution is 5.56. The van der Waals surface area contributed by atoms with Crippen molar-refractivity contribution in [3.63, 3.8) is 0 Å². The van der Waals surface area contributed by atoms with E-state index in [9.17, 15) is 4.39 Å². The summed E-state index contributed by atoms with van der Waals surface area (Å²) in [5, 5.41) is 5.61. The smallest absolute Gasteiger partial charge is 0.117 e. The molecule has 0 aromatic carbocycles. The van der Waals surface area contributed by atoms with Crippen LogP contribution in [0.1, 0.15) is 20.3 Å². The topological polar surface area (TPSA) is 41.6 Å². The van der Waals surface area contributed by atoms with Crippen LogP contribution in [0.2, 0.25) is 0 Å². The summed E-state index contributed by atoms with van der Waals surface area (Å²) in [6.45, 7) is 4.23. The first-order valence-electron chi connectivity index (χ1n) is 4.46. The van der Waals surface area contributed by atoms with Crippen LogP contribution in [0.3, 0.4) is 0 Å². The van der Waals surface area contributed by atoms with Crippen LogP contribution < -0.4 is 5.73 Å². The van der Waals surface area contributed by atoms with E-state index in [1.807, 2.05) is 13.0 Å². The number of alkyl halides is 1. The highest BCUT2D eigenvalue weighted by Gasteiger charge is 2.01. The van der Waals surface area contributed by atoms with E-state index in [1.54, 1.807) is 17.4 Å². The first-order valence-corrected chi connectivity index (χ1v) is 4.46.